The Hall–Kier alpha value is -3.28. The highest BCUT2D eigenvalue weighted by atomic mass is 16.4. The van der Waals surface area contributed by atoms with Crippen molar-refractivity contribution >= 4 is 21.8 Å². The van der Waals surface area contributed by atoms with Gasteiger partial charge in [0.15, 0.2) is 0 Å². The van der Waals surface area contributed by atoms with Gasteiger partial charge in [-0.2, -0.15) is 0 Å². The van der Waals surface area contributed by atoms with E-state index in [-0.39, 0.29) is 23.1 Å². The highest BCUT2D eigenvalue weighted by Crippen LogP contribution is 2.39. The fraction of sp³-hybridized carbons (Fsp3) is 0.273. The van der Waals surface area contributed by atoms with Gasteiger partial charge in [-0.05, 0) is 49.9 Å². The molecule has 28 heavy (non-hydrogen) atoms. The van der Waals surface area contributed by atoms with E-state index >= 15 is 0 Å². The van der Waals surface area contributed by atoms with Crippen molar-refractivity contribution in [1.29, 1.82) is 0 Å². The van der Waals surface area contributed by atoms with E-state index in [1.165, 1.54) is 0 Å². The fourth-order valence-electron chi connectivity index (χ4n) is 4.01. The third kappa shape index (κ3) is 2.91. The predicted octanol–water partition coefficient (Wildman–Crippen LogP) is 4.13. The van der Waals surface area contributed by atoms with E-state index in [9.17, 15) is 9.59 Å². The first kappa shape index (κ1) is 16.9. The van der Waals surface area contributed by atoms with E-state index < -0.39 is 0 Å². The Bertz CT molecular complexity index is 1180. The van der Waals surface area contributed by atoms with Crippen LogP contribution in [0.5, 0.6) is 0 Å². The van der Waals surface area contributed by atoms with Crippen LogP contribution >= 0.6 is 0 Å². The van der Waals surface area contributed by atoms with Gasteiger partial charge in [-0.25, -0.2) is 19.6 Å². The molecule has 6 nitrogen and oxygen atoms in total. The van der Waals surface area contributed by atoms with E-state index in [1.807, 2.05) is 24.3 Å². The number of hydrogen-bond acceptors (Lipinski definition) is 6. The molecule has 0 bridgehead atoms. The normalized spacial score (nSPS) is 19.9. The maximum absolute atomic E-state index is 12.2. The summed E-state index contributed by atoms with van der Waals surface area (Å²) in [5.74, 6) is 1.16. The monoisotopic (exact) mass is 374 g/mol. The van der Waals surface area contributed by atoms with Gasteiger partial charge in [0.25, 0.3) is 0 Å². The van der Waals surface area contributed by atoms with E-state index in [0.29, 0.717) is 33.6 Å². The molecule has 1 aliphatic carbocycles. The van der Waals surface area contributed by atoms with Gasteiger partial charge in [0.2, 0.25) is 11.8 Å². The lowest BCUT2D eigenvalue weighted by Crippen LogP contribution is -2.17. The van der Waals surface area contributed by atoms with Crippen molar-refractivity contribution in [2.75, 3.05) is 0 Å². The Labute approximate surface area is 159 Å². The van der Waals surface area contributed by atoms with Crippen molar-refractivity contribution in [1.82, 2.24) is 9.97 Å². The molecule has 1 saturated carbocycles. The molecular formula is C22H18N2O4. The molecule has 0 spiro atoms. The molecule has 0 atom stereocenters. The summed E-state index contributed by atoms with van der Waals surface area (Å²) in [6.45, 7) is 0. The second-order valence-corrected chi connectivity index (χ2v) is 7.26. The molecule has 0 unspecified atom stereocenters. The second-order valence-electron chi connectivity index (χ2n) is 7.26. The Morgan fingerprint density at radius 3 is 1.46 bits per heavy atom. The predicted molar refractivity (Wildman–Crippen MR) is 105 cm³/mol. The molecule has 4 aromatic rings. The smallest absolute Gasteiger partial charge is 0.346 e. The third-order valence-corrected chi connectivity index (χ3v) is 5.53. The van der Waals surface area contributed by atoms with Crippen LogP contribution in [0.3, 0.4) is 0 Å². The van der Waals surface area contributed by atoms with Crippen LogP contribution in [0, 0.1) is 0 Å². The van der Waals surface area contributed by atoms with Crippen molar-refractivity contribution in [2.45, 2.75) is 37.5 Å². The number of para-hydroxylation sites is 2. The Morgan fingerprint density at radius 2 is 1.04 bits per heavy atom. The molecule has 1 fully saturated rings. The highest BCUT2D eigenvalue weighted by molar-refractivity contribution is 5.77. The molecule has 0 saturated heterocycles. The number of aromatic nitrogens is 2. The van der Waals surface area contributed by atoms with Gasteiger partial charge in [0.1, 0.15) is 0 Å². The van der Waals surface area contributed by atoms with Crippen LogP contribution in [-0.2, 0) is 0 Å². The van der Waals surface area contributed by atoms with Gasteiger partial charge in [0, 0.05) is 11.8 Å². The zero-order chi connectivity index (χ0) is 19.1. The largest absolute Gasteiger partial charge is 0.408 e. The fourth-order valence-corrected chi connectivity index (χ4v) is 4.01. The molecule has 0 amide bonds. The summed E-state index contributed by atoms with van der Waals surface area (Å²) >= 11 is 0. The molecule has 2 heterocycles. The van der Waals surface area contributed by atoms with Crippen LogP contribution < -0.4 is 11.3 Å². The summed E-state index contributed by atoms with van der Waals surface area (Å²) in [4.78, 5) is 33.6. The van der Waals surface area contributed by atoms with Crippen LogP contribution in [0.4, 0.5) is 0 Å². The van der Waals surface area contributed by atoms with E-state index in [0.717, 1.165) is 25.7 Å². The van der Waals surface area contributed by atoms with Gasteiger partial charge >= 0.3 is 11.3 Å². The molecule has 2 aromatic heterocycles. The molecule has 0 N–H and O–H groups in total. The number of hydrogen-bond donors (Lipinski definition) is 0. The maximum Gasteiger partial charge on any atom is 0.346 e. The number of rotatable bonds is 2. The molecule has 140 valence electrons. The lowest BCUT2D eigenvalue weighted by atomic mass is 9.81. The van der Waals surface area contributed by atoms with Crippen molar-refractivity contribution in [3.63, 3.8) is 0 Å². The minimum atomic E-state index is -0.343. The molecule has 1 aliphatic rings. The molecule has 2 aromatic carbocycles. The third-order valence-electron chi connectivity index (χ3n) is 5.53. The lowest BCUT2D eigenvalue weighted by Gasteiger charge is -2.25. The van der Waals surface area contributed by atoms with Crippen LogP contribution in [0.1, 0.15) is 49.3 Å². The van der Waals surface area contributed by atoms with Crippen molar-refractivity contribution in [2.24, 2.45) is 0 Å². The summed E-state index contributed by atoms with van der Waals surface area (Å²) in [5.41, 5.74) is 0.644. The average Bonchev–Trinajstić information content (AvgIpc) is 2.74. The zero-order valence-electron chi connectivity index (χ0n) is 15.1. The summed E-state index contributed by atoms with van der Waals surface area (Å²) in [5, 5.41) is 1.00. The molecule has 6 heteroatoms. The van der Waals surface area contributed by atoms with Crippen molar-refractivity contribution < 1.29 is 8.83 Å². The Morgan fingerprint density at radius 1 is 0.643 bits per heavy atom. The summed E-state index contributed by atoms with van der Waals surface area (Å²) in [6.07, 6.45) is 3.21. The maximum atomic E-state index is 12.2. The molecular weight excluding hydrogens is 356 g/mol. The van der Waals surface area contributed by atoms with Gasteiger partial charge in [-0.15, -0.1) is 0 Å². The highest BCUT2D eigenvalue weighted by Gasteiger charge is 2.29. The summed E-state index contributed by atoms with van der Waals surface area (Å²) < 4.78 is 11.0. The SMILES string of the molecule is O=c1oc(C2CCC(c3nc4ccccc4c(=O)o3)CC2)nc2ccccc12. The van der Waals surface area contributed by atoms with Gasteiger partial charge in [-0.1, -0.05) is 24.3 Å². The average molecular weight is 374 g/mol. The summed E-state index contributed by atoms with van der Waals surface area (Å²) in [7, 11) is 0. The lowest BCUT2D eigenvalue weighted by molar-refractivity contribution is 0.289. The standard InChI is InChI=1S/C22H18N2O4/c25-21-15-5-1-3-7-17(15)23-19(27-21)13-9-11-14(12-10-13)20-24-18-8-4-2-6-16(18)22(26)28-20/h1-8,13-14H,9-12H2. The zero-order valence-corrected chi connectivity index (χ0v) is 15.1. The topological polar surface area (TPSA) is 86.2 Å². The van der Waals surface area contributed by atoms with E-state index in [1.54, 1.807) is 24.3 Å². The minimum absolute atomic E-state index is 0.0840. The number of nitrogens with zero attached hydrogens (tertiary/aromatic N) is 2. The van der Waals surface area contributed by atoms with E-state index in [4.69, 9.17) is 8.83 Å². The van der Waals surface area contributed by atoms with Crippen molar-refractivity contribution in [3.05, 3.63) is 81.2 Å². The molecule has 5 rings (SSSR count). The summed E-state index contributed by atoms with van der Waals surface area (Å²) in [6, 6.07) is 14.4. The Balaban J connectivity index is 1.40. The number of fused-ring (bicyclic) bond motifs is 2. The number of benzene rings is 2. The van der Waals surface area contributed by atoms with Crippen LogP contribution in [0.25, 0.3) is 21.8 Å². The Kier molecular flexibility index (Phi) is 4.04. The van der Waals surface area contributed by atoms with Crippen LogP contribution in [0.2, 0.25) is 0 Å². The first-order chi connectivity index (χ1) is 13.7. The van der Waals surface area contributed by atoms with Gasteiger partial charge in [0.05, 0.1) is 21.8 Å². The first-order valence-corrected chi connectivity index (χ1v) is 9.48. The van der Waals surface area contributed by atoms with E-state index in [2.05, 4.69) is 9.97 Å². The van der Waals surface area contributed by atoms with Gasteiger partial charge < -0.3 is 8.83 Å². The van der Waals surface area contributed by atoms with Crippen molar-refractivity contribution in [3.8, 4) is 0 Å². The minimum Gasteiger partial charge on any atom is -0.408 e. The van der Waals surface area contributed by atoms with Gasteiger partial charge in [-0.3, -0.25) is 0 Å². The van der Waals surface area contributed by atoms with Crippen LogP contribution in [0.15, 0.2) is 67.0 Å². The first-order valence-electron chi connectivity index (χ1n) is 9.48. The van der Waals surface area contributed by atoms with Crippen LogP contribution in [-0.4, -0.2) is 9.97 Å². The molecule has 0 radical (unpaired) electrons. The second kappa shape index (κ2) is 6.71. The molecule has 0 aliphatic heterocycles. The quantitative estimate of drug-likeness (QED) is 0.524.